The summed E-state index contributed by atoms with van der Waals surface area (Å²) in [4.78, 5) is 10.6. The van der Waals surface area contributed by atoms with Gasteiger partial charge in [-0.1, -0.05) is 6.07 Å². The second-order valence-corrected chi connectivity index (χ2v) is 4.28. The maximum atomic E-state index is 10.9. The first-order valence-electron chi connectivity index (χ1n) is 4.35. The quantitative estimate of drug-likeness (QED) is 0.732. The fraction of sp³-hybridized carbons (Fsp3) is 0.300. The molecule has 2 rings (SSSR count). The number of carbonyl (C=O) groups excluding carboxylic acids is 1. The van der Waals surface area contributed by atoms with Gasteiger partial charge in [-0.3, -0.25) is 4.79 Å². The van der Waals surface area contributed by atoms with Crippen LogP contribution in [0.1, 0.15) is 28.8 Å². The Kier molecular flexibility index (Phi) is 1.93. The average Bonchev–Trinajstić information content (AvgIpc) is 2.85. The van der Waals surface area contributed by atoms with E-state index in [1.165, 1.54) is 6.07 Å². The third-order valence-electron chi connectivity index (χ3n) is 2.47. The Morgan fingerprint density at radius 1 is 1.50 bits per heavy atom. The molecule has 0 radical (unpaired) electrons. The zero-order chi connectivity index (χ0) is 10.3. The highest BCUT2D eigenvalue weighted by atomic mass is 35.5. The van der Waals surface area contributed by atoms with Crippen molar-refractivity contribution >= 4 is 17.5 Å². The van der Waals surface area contributed by atoms with Crippen LogP contribution in [0.25, 0.3) is 0 Å². The van der Waals surface area contributed by atoms with Crippen LogP contribution in [0.4, 0.5) is 0 Å². The topological polar surface area (TPSA) is 63.3 Å². The van der Waals surface area contributed by atoms with Gasteiger partial charge in [-0.2, -0.15) is 0 Å². The van der Waals surface area contributed by atoms with Crippen LogP contribution in [0.15, 0.2) is 18.2 Å². The number of amides is 1. The Hall–Kier alpha value is -1.22. The van der Waals surface area contributed by atoms with Crippen molar-refractivity contribution in [2.24, 2.45) is 5.73 Å². The number of carbonyl (C=O) groups is 1. The molecule has 1 fully saturated rings. The molecule has 0 aromatic heterocycles. The highest BCUT2D eigenvalue weighted by Gasteiger charge is 2.42. The molecule has 0 atom stereocenters. The molecule has 3 nitrogen and oxygen atoms in total. The number of benzene rings is 1. The third kappa shape index (κ3) is 1.44. The summed E-state index contributed by atoms with van der Waals surface area (Å²) in [6.07, 6.45) is 1.80. The van der Waals surface area contributed by atoms with Crippen LogP contribution in [0.3, 0.4) is 0 Å². The van der Waals surface area contributed by atoms with Gasteiger partial charge in [0.15, 0.2) is 0 Å². The molecule has 14 heavy (non-hydrogen) atoms. The molecule has 0 bridgehead atoms. The van der Waals surface area contributed by atoms with Gasteiger partial charge in [0, 0.05) is 0 Å². The molecule has 1 amide bonds. The number of phenols is 1. The Morgan fingerprint density at radius 3 is 2.64 bits per heavy atom. The summed E-state index contributed by atoms with van der Waals surface area (Å²) in [6, 6.07) is 4.75. The normalized spacial score (nSPS) is 17.8. The number of primary amides is 1. The van der Waals surface area contributed by atoms with Crippen molar-refractivity contribution in [3.8, 4) is 5.75 Å². The lowest BCUT2D eigenvalue weighted by Crippen LogP contribution is -2.12. The largest absolute Gasteiger partial charge is 0.507 e. The highest BCUT2D eigenvalue weighted by Crippen LogP contribution is 2.52. The number of alkyl halides is 1. The molecule has 4 heteroatoms. The van der Waals surface area contributed by atoms with E-state index in [-0.39, 0.29) is 16.2 Å². The van der Waals surface area contributed by atoms with Crippen LogP contribution >= 0.6 is 11.6 Å². The first-order valence-corrected chi connectivity index (χ1v) is 4.73. The van der Waals surface area contributed by atoms with E-state index in [1.54, 1.807) is 12.1 Å². The summed E-state index contributed by atoms with van der Waals surface area (Å²) in [5.41, 5.74) is 6.09. The molecule has 1 aliphatic rings. The zero-order valence-corrected chi connectivity index (χ0v) is 8.21. The SMILES string of the molecule is NC(=O)c1cc(C2(Cl)CC2)ccc1O. The van der Waals surface area contributed by atoms with E-state index in [9.17, 15) is 9.90 Å². The molecule has 1 saturated carbocycles. The minimum absolute atomic E-state index is 0.0952. The second kappa shape index (κ2) is 2.89. The summed E-state index contributed by atoms with van der Waals surface area (Å²) in [5.74, 6) is -0.729. The standard InChI is InChI=1S/C10H10ClNO2/c11-10(3-4-10)6-1-2-8(13)7(5-6)9(12)14/h1-2,5,13H,3-4H2,(H2,12,14). The molecule has 0 unspecified atom stereocenters. The fourth-order valence-electron chi connectivity index (χ4n) is 1.41. The van der Waals surface area contributed by atoms with Crippen LogP contribution in [-0.4, -0.2) is 11.0 Å². The van der Waals surface area contributed by atoms with Gasteiger partial charge in [0.25, 0.3) is 5.91 Å². The number of nitrogens with two attached hydrogens (primary N) is 1. The summed E-state index contributed by atoms with van der Waals surface area (Å²) in [6.45, 7) is 0. The molecular formula is C10H10ClNO2. The predicted octanol–water partition coefficient (Wildman–Crippen LogP) is 1.72. The number of aromatic hydroxyl groups is 1. The van der Waals surface area contributed by atoms with E-state index in [4.69, 9.17) is 17.3 Å². The van der Waals surface area contributed by atoms with E-state index >= 15 is 0 Å². The van der Waals surface area contributed by atoms with Gasteiger partial charge in [0.2, 0.25) is 0 Å². The zero-order valence-electron chi connectivity index (χ0n) is 7.46. The Balaban J connectivity index is 2.46. The Bertz CT molecular complexity index is 399. The summed E-state index contributed by atoms with van der Waals surface area (Å²) >= 11 is 6.16. The summed E-state index contributed by atoms with van der Waals surface area (Å²) < 4.78 is 0. The lowest BCUT2D eigenvalue weighted by atomic mass is 10.1. The van der Waals surface area contributed by atoms with Gasteiger partial charge < -0.3 is 10.8 Å². The van der Waals surface area contributed by atoms with Gasteiger partial charge >= 0.3 is 0 Å². The number of halogens is 1. The van der Waals surface area contributed by atoms with Gasteiger partial charge in [0.1, 0.15) is 5.75 Å². The van der Waals surface area contributed by atoms with Crippen molar-refractivity contribution < 1.29 is 9.90 Å². The lowest BCUT2D eigenvalue weighted by molar-refractivity contribution is 0.0997. The number of hydrogen-bond donors (Lipinski definition) is 2. The minimum Gasteiger partial charge on any atom is -0.507 e. The van der Waals surface area contributed by atoms with E-state index < -0.39 is 5.91 Å². The fourth-order valence-corrected chi connectivity index (χ4v) is 1.62. The number of rotatable bonds is 2. The molecule has 0 heterocycles. The lowest BCUT2D eigenvalue weighted by Gasteiger charge is -2.08. The molecule has 3 N–H and O–H groups in total. The average molecular weight is 212 g/mol. The Labute approximate surface area is 86.5 Å². The summed E-state index contributed by atoms with van der Waals surface area (Å²) in [5, 5.41) is 9.35. The van der Waals surface area contributed by atoms with Crippen molar-refractivity contribution in [2.45, 2.75) is 17.7 Å². The Morgan fingerprint density at radius 2 is 2.14 bits per heavy atom. The molecule has 74 valence electrons. The van der Waals surface area contributed by atoms with Crippen LogP contribution in [-0.2, 0) is 4.87 Å². The van der Waals surface area contributed by atoms with Gasteiger partial charge in [-0.05, 0) is 30.5 Å². The van der Waals surface area contributed by atoms with Crippen LogP contribution in [0.5, 0.6) is 5.75 Å². The van der Waals surface area contributed by atoms with Gasteiger partial charge in [0.05, 0.1) is 10.4 Å². The molecule has 0 saturated heterocycles. The monoisotopic (exact) mass is 211 g/mol. The van der Waals surface area contributed by atoms with Crippen molar-refractivity contribution in [1.29, 1.82) is 0 Å². The van der Waals surface area contributed by atoms with E-state index in [1.807, 2.05) is 0 Å². The first-order chi connectivity index (χ1) is 6.53. The van der Waals surface area contributed by atoms with Crippen molar-refractivity contribution in [3.05, 3.63) is 29.3 Å². The smallest absolute Gasteiger partial charge is 0.252 e. The molecule has 0 spiro atoms. The third-order valence-corrected chi connectivity index (χ3v) is 3.06. The summed E-state index contributed by atoms with van der Waals surface area (Å²) in [7, 11) is 0. The first kappa shape index (κ1) is 9.34. The molecular weight excluding hydrogens is 202 g/mol. The maximum absolute atomic E-state index is 10.9. The highest BCUT2D eigenvalue weighted by molar-refractivity contribution is 6.26. The molecule has 1 aliphatic carbocycles. The number of hydrogen-bond acceptors (Lipinski definition) is 2. The maximum Gasteiger partial charge on any atom is 0.252 e. The molecule has 1 aromatic carbocycles. The van der Waals surface area contributed by atoms with Crippen LogP contribution in [0, 0.1) is 0 Å². The van der Waals surface area contributed by atoms with E-state index in [0.717, 1.165) is 18.4 Å². The van der Waals surface area contributed by atoms with Gasteiger partial charge in [-0.25, -0.2) is 0 Å². The van der Waals surface area contributed by atoms with E-state index in [0.29, 0.717) is 0 Å². The minimum atomic E-state index is -0.634. The van der Waals surface area contributed by atoms with E-state index in [2.05, 4.69) is 0 Å². The molecule has 0 aliphatic heterocycles. The van der Waals surface area contributed by atoms with Crippen molar-refractivity contribution in [1.82, 2.24) is 0 Å². The van der Waals surface area contributed by atoms with Gasteiger partial charge in [-0.15, -0.1) is 11.6 Å². The molecule has 1 aromatic rings. The van der Waals surface area contributed by atoms with Crippen LogP contribution in [0.2, 0.25) is 0 Å². The van der Waals surface area contributed by atoms with Crippen molar-refractivity contribution in [2.75, 3.05) is 0 Å². The predicted molar refractivity (Wildman–Crippen MR) is 53.4 cm³/mol. The van der Waals surface area contributed by atoms with Crippen molar-refractivity contribution in [3.63, 3.8) is 0 Å². The van der Waals surface area contributed by atoms with Crippen LogP contribution < -0.4 is 5.73 Å². The second-order valence-electron chi connectivity index (χ2n) is 3.56.